The Hall–Kier alpha value is -1.39. The van der Waals surface area contributed by atoms with E-state index in [4.69, 9.17) is 4.74 Å². The average Bonchev–Trinajstić information content (AvgIpc) is 2.87. The minimum atomic E-state index is 0.212. The molecule has 0 saturated heterocycles. The van der Waals surface area contributed by atoms with Crippen molar-refractivity contribution in [3.05, 3.63) is 58.3 Å². The van der Waals surface area contributed by atoms with Gasteiger partial charge in [-0.15, -0.1) is 0 Å². The SMILES string of the molecule is C[C@@H](NCC1Cc2cc(Br)ccc2O1)c1ccncc1. The van der Waals surface area contributed by atoms with Gasteiger partial charge in [-0.3, -0.25) is 4.98 Å². The summed E-state index contributed by atoms with van der Waals surface area (Å²) >= 11 is 3.50. The number of halogens is 1. The van der Waals surface area contributed by atoms with Crippen molar-refractivity contribution in [3.63, 3.8) is 0 Å². The highest BCUT2D eigenvalue weighted by Gasteiger charge is 2.23. The lowest BCUT2D eigenvalue weighted by Crippen LogP contribution is -2.31. The molecule has 0 aliphatic carbocycles. The zero-order valence-corrected chi connectivity index (χ0v) is 12.9. The normalized spacial score (nSPS) is 18.4. The first-order valence-electron chi connectivity index (χ1n) is 6.81. The molecule has 2 aromatic rings. The van der Waals surface area contributed by atoms with Gasteiger partial charge in [0.15, 0.2) is 0 Å². The van der Waals surface area contributed by atoms with E-state index < -0.39 is 0 Å². The van der Waals surface area contributed by atoms with Gasteiger partial charge < -0.3 is 10.1 Å². The molecule has 0 amide bonds. The molecule has 1 aliphatic heterocycles. The Bertz CT molecular complexity index is 588. The second kappa shape index (κ2) is 5.94. The Labute approximate surface area is 127 Å². The molecule has 20 heavy (non-hydrogen) atoms. The molecule has 3 rings (SSSR count). The Balaban J connectivity index is 1.56. The van der Waals surface area contributed by atoms with E-state index in [1.807, 2.05) is 36.7 Å². The van der Waals surface area contributed by atoms with Crippen molar-refractivity contribution in [2.24, 2.45) is 0 Å². The minimum absolute atomic E-state index is 0.212. The highest BCUT2D eigenvalue weighted by molar-refractivity contribution is 9.10. The lowest BCUT2D eigenvalue weighted by molar-refractivity contribution is 0.222. The van der Waals surface area contributed by atoms with Crippen LogP contribution in [0, 0.1) is 0 Å². The largest absolute Gasteiger partial charge is 0.488 e. The second-order valence-electron chi connectivity index (χ2n) is 5.11. The van der Waals surface area contributed by atoms with Crippen molar-refractivity contribution in [3.8, 4) is 5.75 Å². The molecule has 0 spiro atoms. The summed E-state index contributed by atoms with van der Waals surface area (Å²) < 4.78 is 7.06. The maximum absolute atomic E-state index is 5.95. The molecular formula is C16H17BrN2O. The fraction of sp³-hybridized carbons (Fsp3) is 0.312. The number of aromatic nitrogens is 1. The van der Waals surface area contributed by atoms with Crippen LogP contribution in [0.25, 0.3) is 0 Å². The fourth-order valence-electron chi connectivity index (χ4n) is 2.48. The van der Waals surface area contributed by atoms with E-state index in [2.05, 4.69) is 39.2 Å². The highest BCUT2D eigenvalue weighted by Crippen LogP contribution is 2.31. The van der Waals surface area contributed by atoms with Gasteiger partial charge in [0.2, 0.25) is 0 Å². The van der Waals surface area contributed by atoms with Gasteiger partial charge >= 0.3 is 0 Å². The van der Waals surface area contributed by atoms with Crippen LogP contribution in [0.5, 0.6) is 5.75 Å². The number of rotatable bonds is 4. The van der Waals surface area contributed by atoms with Gasteiger partial charge in [-0.1, -0.05) is 15.9 Å². The molecular weight excluding hydrogens is 316 g/mol. The Morgan fingerprint density at radius 2 is 2.15 bits per heavy atom. The van der Waals surface area contributed by atoms with Crippen LogP contribution in [0.4, 0.5) is 0 Å². The van der Waals surface area contributed by atoms with Gasteiger partial charge in [0, 0.05) is 35.9 Å². The van der Waals surface area contributed by atoms with Crippen LogP contribution in [-0.2, 0) is 6.42 Å². The summed E-state index contributed by atoms with van der Waals surface area (Å²) in [5, 5.41) is 3.53. The molecule has 0 fully saturated rings. The van der Waals surface area contributed by atoms with E-state index in [-0.39, 0.29) is 6.10 Å². The zero-order valence-electron chi connectivity index (χ0n) is 11.3. The smallest absolute Gasteiger partial charge is 0.123 e. The monoisotopic (exact) mass is 332 g/mol. The minimum Gasteiger partial charge on any atom is -0.488 e. The summed E-state index contributed by atoms with van der Waals surface area (Å²) in [4.78, 5) is 4.04. The summed E-state index contributed by atoms with van der Waals surface area (Å²) in [5.41, 5.74) is 2.53. The first kappa shape index (κ1) is 13.6. The predicted octanol–water partition coefficient (Wildman–Crippen LogP) is 3.50. The average molecular weight is 333 g/mol. The lowest BCUT2D eigenvalue weighted by Gasteiger charge is -2.17. The number of nitrogens with zero attached hydrogens (tertiary/aromatic N) is 1. The van der Waals surface area contributed by atoms with Crippen LogP contribution >= 0.6 is 15.9 Å². The summed E-state index contributed by atoms with van der Waals surface area (Å²) in [7, 11) is 0. The first-order chi connectivity index (χ1) is 9.72. The summed E-state index contributed by atoms with van der Waals surface area (Å²) in [6.45, 7) is 3.00. The van der Waals surface area contributed by atoms with Gasteiger partial charge in [-0.25, -0.2) is 0 Å². The van der Waals surface area contributed by atoms with Crippen molar-refractivity contribution < 1.29 is 4.74 Å². The molecule has 1 aromatic heterocycles. The van der Waals surface area contributed by atoms with E-state index in [1.54, 1.807) is 0 Å². The first-order valence-corrected chi connectivity index (χ1v) is 7.60. The third-order valence-corrected chi connectivity index (χ3v) is 4.11. The molecule has 2 atom stereocenters. The summed E-state index contributed by atoms with van der Waals surface area (Å²) in [6.07, 6.45) is 4.83. The number of benzene rings is 1. The van der Waals surface area contributed by atoms with E-state index in [0.29, 0.717) is 6.04 Å². The zero-order chi connectivity index (χ0) is 13.9. The quantitative estimate of drug-likeness (QED) is 0.930. The van der Waals surface area contributed by atoms with Crippen LogP contribution in [0.3, 0.4) is 0 Å². The Morgan fingerprint density at radius 3 is 2.95 bits per heavy atom. The maximum atomic E-state index is 5.95. The molecule has 1 unspecified atom stereocenters. The Kier molecular flexibility index (Phi) is 4.03. The standard InChI is InChI=1S/C16H17BrN2O/c1-11(12-4-6-18-7-5-12)19-10-15-9-13-8-14(17)2-3-16(13)20-15/h2-8,11,15,19H,9-10H2,1H3/t11-,15?/m1/s1. The molecule has 4 heteroatoms. The number of fused-ring (bicyclic) bond motifs is 1. The predicted molar refractivity (Wildman–Crippen MR) is 82.9 cm³/mol. The number of nitrogens with one attached hydrogen (secondary N) is 1. The molecule has 1 N–H and O–H groups in total. The third-order valence-electron chi connectivity index (χ3n) is 3.62. The number of hydrogen-bond donors (Lipinski definition) is 1. The Morgan fingerprint density at radius 1 is 1.35 bits per heavy atom. The molecule has 0 saturated carbocycles. The van der Waals surface area contributed by atoms with Crippen molar-refractivity contribution in [1.29, 1.82) is 0 Å². The molecule has 0 bridgehead atoms. The van der Waals surface area contributed by atoms with E-state index in [9.17, 15) is 0 Å². The summed E-state index contributed by atoms with van der Waals surface area (Å²) in [6, 6.07) is 10.6. The van der Waals surface area contributed by atoms with E-state index in [1.165, 1.54) is 11.1 Å². The molecule has 3 nitrogen and oxygen atoms in total. The van der Waals surface area contributed by atoms with Crippen LogP contribution in [-0.4, -0.2) is 17.6 Å². The van der Waals surface area contributed by atoms with Crippen LogP contribution in [0.1, 0.15) is 24.1 Å². The van der Waals surface area contributed by atoms with Gasteiger partial charge in [0.05, 0.1) is 0 Å². The van der Waals surface area contributed by atoms with E-state index >= 15 is 0 Å². The van der Waals surface area contributed by atoms with Crippen LogP contribution in [0.15, 0.2) is 47.2 Å². The van der Waals surface area contributed by atoms with Gasteiger partial charge in [0.25, 0.3) is 0 Å². The van der Waals surface area contributed by atoms with Gasteiger partial charge in [-0.2, -0.15) is 0 Å². The number of ether oxygens (including phenoxy) is 1. The van der Waals surface area contributed by atoms with Crippen molar-refractivity contribution >= 4 is 15.9 Å². The molecule has 1 aliphatic rings. The van der Waals surface area contributed by atoms with Gasteiger partial charge in [-0.05, 0) is 48.4 Å². The summed E-state index contributed by atoms with van der Waals surface area (Å²) in [5.74, 6) is 1.01. The molecule has 0 radical (unpaired) electrons. The van der Waals surface area contributed by atoms with Crippen molar-refractivity contribution in [2.45, 2.75) is 25.5 Å². The lowest BCUT2D eigenvalue weighted by atomic mass is 10.1. The second-order valence-corrected chi connectivity index (χ2v) is 6.02. The topological polar surface area (TPSA) is 34.1 Å². The third kappa shape index (κ3) is 3.02. The molecule has 104 valence electrons. The van der Waals surface area contributed by atoms with Crippen LogP contribution < -0.4 is 10.1 Å². The maximum Gasteiger partial charge on any atom is 0.123 e. The number of pyridine rings is 1. The van der Waals surface area contributed by atoms with Crippen molar-refractivity contribution in [1.82, 2.24) is 10.3 Å². The molecule has 2 heterocycles. The van der Waals surface area contributed by atoms with E-state index in [0.717, 1.165) is 23.2 Å². The van der Waals surface area contributed by atoms with Gasteiger partial charge in [0.1, 0.15) is 11.9 Å². The highest BCUT2D eigenvalue weighted by atomic mass is 79.9. The van der Waals surface area contributed by atoms with Crippen molar-refractivity contribution in [2.75, 3.05) is 6.54 Å². The number of hydrogen-bond acceptors (Lipinski definition) is 3. The van der Waals surface area contributed by atoms with Crippen LogP contribution in [0.2, 0.25) is 0 Å². The fourth-order valence-corrected chi connectivity index (χ4v) is 2.89. The molecule has 1 aromatic carbocycles.